The highest BCUT2D eigenvalue weighted by Crippen LogP contribution is 2.35. The Bertz CT molecular complexity index is 260. The third-order valence-electron chi connectivity index (χ3n) is 1.79. The molecular weight excluding hydrogens is 179 g/mol. The van der Waals surface area contributed by atoms with Gasteiger partial charge in [-0.25, -0.2) is 0 Å². The molecule has 2 nitrogen and oxygen atoms in total. The van der Waals surface area contributed by atoms with Crippen molar-refractivity contribution in [1.29, 1.82) is 0 Å². The lowest BCUT2D eigenvalue weighted by Crippen LogP contribution is -2.09. The number of aromatic nitrogens is 2. The first kappa shape index (κ1) is 10.7. The van der Waals surface area contributed by atoms with Crippen LogP contribution in [0.25, 0.3) is 0 Å². The minimum atomic E-state index is 0.151. The van der Waals surface area contributed by atoms with E-state index < -0.39 is 0 Å². The summed E-state index contributed by atoms with van der Waals surface area (Å²) >= 11 is 0. The Kier molecular flexibility index (Phi) is 2.55. The Morgan fingerprint density at radius 1 is 0.769 bits per heavy atom. The highest BCUT2D eigenvalue weighted by atomic mass is 31.0. The van der Waals surface area contributed by atoms with Crippen LogP contribution in [0.15, 0.2) is 0 Å². The minimum Gasteiger partial charge on any atom is -0.479 e. The van der Waals surface area contributed by atoms with Crippen molar-refractivity contribution in [2.45, 2.75) is 52.4 Å². The van der Waals surface area contributed by atoms with Gasteiger partial charge in [0.25, 0.3) is 0 Å². The van der Waals surface area contributed by atoms with E-state index in [1.54, 1.807) is 0 Å². The van der Waals surface area contributed by atoms with Crippen LogP contribution in [-0.2, 0) is 10.8 Å². The second-order valence-electron chi connectivity index (χ2n) is 5.46. The summed E-state index contributed by atoms with van der Waals surface area (Å²) in [6.45, 7) is 13.1. The SMILES string of the molecule is CC(C)(C)c1nnc(C(C)(C)C)[p-]1. The Labute approximate surface area is 82.2 Å². The summed E-state index contributed by atoms with van der Waals surface area (Å²) in [4.78, 5) is 0. The van der Waals surface area contributed by atoms with Gasteiger partial charge in [0.2, 0.25) is 0 Å². The molecule has 13 heavy (non-hydrogen) atoms. The van der Waals surface area contributed by atoms with Crippen molar-refractivity contribution in [3.05, 3.63) is 10.9 Å². The lowest BCUT2D eigenvalue weighted by Gasteiger charge is -2.25. The van der Waals surface area contributed by atoms with Crippen LogP contribution in [0.3, 0.4) is 0 Å². The molecule has 1 aromatic rings. The van der Waals surface area contributed by atoms with Crippen LogP contribution in [0, 0.1) is 0 Å². The molecule has 0 radical (unpaired) electrons. The average molecular weight is 197 g/mol. The summed E-state index contributed by atoms with van der Waals surface area (Å²) in [5.74, 6) is 0. The van der Waals surface area contributed by atoms with E-state index in [-0.39, 0.29) is 10.8 Å². The maximum absolute atomic E-state index is 4.25. The summed E-state index contributed by atoms with van der Waals surface area (Å²) in [6, 6.07) is 0. The molecule has 74 valence electrons. The van der Waals surface area contributed by atoms with Gasteiger partial charge in [0.1, 0.15) is 0 Å². The third kappa shape index (κ3) is 2.54. The monoisotopic (exact) mass is 197 g/mol. The van der Waals surface area contributed by atoms with Gasteiger partial charge in [-0.3, -0.25) is 0 Å². The molecule has 0 fully saturated rings. The quantitative estimate of drug-likeness (QED) is 0.637. The second kappa shape index (κ2) is 3.09. The predicted octanol–water partition coefficient (Wildman–Crippen LogP) is 3.37. The van der Waals surface area contributed by atoms with Gasteiger partial charge < -0.3 is 8.19 Å². The van der Waals surface area contributed by atoms with Crippen molar-refractivity contribution < 1.29 is 0 Å². The molecule has 0 aliphatic heterocycles. The van der Waals surface area contributed by atoms with E-state index in [0.29, 0.717) is 0 Å². The van der Waals surface area contributed by atoms with E-state index in [0.717, 1.165) is 0 Å². The average Bonchev–Trinajstić information content (AvgIpc) is 2.28. The third-order valence-corrected chi connectivity index (χ3v) is 3.74. The molecule has 1 heterocycles. The van der Waals surface area contributed by atoms with E-state index >= 15 is 0 Å². The summed E-state index contributed by atoms with van der Waals surface area (Å²) in [7, 11) is 1.21. The van der Waals surface area contributed by atoms with Crippen molar-refractivity contribution >= 4 is 8.19 Å². The van der Waals surface area contributed by atoms with Gasteiger partial charge in [-0.1, -0.05) is 52.4 Å². The second-order valence-corrected chi connectivity index (χ2v) is 6.53. The van der Waals surface area contributed by atoms with E-state index in [1.807, 2.05) is 0 Å². The summed E-state index contributed by atoms with van der Waals surface area (Å²) in [5.41, 5.74) is 2.66. The smallest absolute Gasteiger partial charge is 0.0244 e. The summed E-state index contributed by atoms with van der Waals surface area (Å²) in [6.07, 6.45) is 0. The highest BCUT2D eigenvalue weighted by Gasteiger charge is 2.14. The van der Waals surface area contributed by atoms with Gasteiger partial charge in [-0.2, -0.15) is 10.2 Å². The molecule has 3 heteroatoms. The Morgan fingerprint density at radius 3 is 1.23 bits per heavy atom. The molecule has 0 spiro atoms. The molecule has 0 bridgehead atoms. The van der Waals surface area contributed by atoms with E-state index in [9.17, 15) is 0 Å². The molecule has 1 rings (SSSR count). The standard InChI is InChI=1S/C10H18N2P/c1-9(2,3)7-11-12-8(13-7)10(4,5)6/h1-6H3/q-1. The topological polar surface area (TPSA) is 25.8 Å². The molecule has 0 aromatic carbocycles. The Morgan fingerprint density at radius 2 is 1.08 bits per heavy atom. The highest BCUT2D eigenvalue weighted by molar-refractivity contribution is 7.31. The zero-order valence-electron chi connectivity index (χ0n) is 9.34. The minimum absolute atomic E-state index is 0.151. The number of hydrogen-bond donors (Lipinski definition) is 0. The van der Waals surface area contributed by atoms with Crippen molar-refractivity contribution in [3.8, 4) is 0 Å². The van der Waals surface area contributed by atoms with Crippen LogP contribution < -0.4 is 0 Å². The van der Waals surface area contributed by atoms with Gasteiger partial charge in [-0.05, 0) is 10.8 Å². The van der Waals surface area contributed by atoms with Gasteiger partial charge in [-0.15, -0.1) is 0 Å². The molecule has 0 unspecified atom stereocenters. The van der Waals surface area contributed by atoms with Crippen molar-refractivity contribution in [2.24, 2.45) is 0 Å². The zero-order chi connectivity index (χ0) is 10.3. The van der Waals surface area contributed by atoms with Crippen LogP contribution in [0.4, 0.5) is 0 Å². The van der Waals surface area contributed by atoms with Crippen LogP contribution in [0.5, 0.6) is 0 Å². The van der Waals surface area contributed by atoms with Crippen LogP contribution in [0.2, 0.25) is 0 Å². The van der Waals surface area contributed by atoms with E-state index in [4.69, 9.17) is 0 Å². The maximum atomic E-state index is 4.25. The Balaban J connectivity index is 3.01. The first-order valence-electron chi connectivity index (χ1n) is 4.59. The normalized spacial score (nSPS) is 13.4. The molecule has 0 atom stereocenters. The first-order chi connectivity index (χ1) is 5.71. The van der Waals surface area contributed by atoms with Crippen LogP contribution >= 0.6 is 8.19 Å². The summed E-state index contributed by atoms with van der Waals surface area (Å²) in [5, 5.41) is 8.49. The fraction of sp³-hybridized carbons (Fsp3) is 0.800. The van der Waals surface area contributed by atoms with Crippen molar-refractivity contribution in [1.82, 2.24) is 10.2 Å². The molecule has 0 N–H and O–H groups in total. The van der Waals surface area contributed by atoms with Gasteiger partial charge in [0.15, 0.2) is 0 Å². The number of hydrogen-bond acceptors (Lipinski definition) is 2. The van der Waals surface area contributed by atoms with Gasteiger partial charge in [0.05, 0.1) is 0 Å². The fourth-order valence-corrected chi connectivity index (χ4v) is 1.93. The first-order valence-corrected chi connectivity index (χ1v) is 5.49. The van der Waals surface area contributed by atoms with Crippen LogP contribution in [0.1, 0.15) is 52.4 Å². The largest absolute Gasteiger partial charge is 0.479 e. The number of rotatable bonds is 0. The fourth-order valence-electron chi connectivity index (χ4n) is 0.875. The molecule has 1 aromatic heterocycles. The van der Waals surface area contributed by atoms with Gasteiger partial charge in [0, 0.05) is 0 Å². The van der Waals surface area contributed by atoms with Crippen molar-refractivity contribution in [3.63, 3.8) is 0 Å². The molecule has 0 saturated carbocycles. The molecule has 0 amide bonds. The lowest BCUT2D eigenvalue weighted by atomic mass is 9.98. The van der Waals surface area contributed by atoms with Crippen molar-refractivity contribution in [2.75, 3.05) is 0 Å². The van der Waals surface area contributed by atoms with Crippen LogP contribution in [-0.4, -0.2) is 10.2 Å². The Hall–Kier alpha value is -0.360. The van der Waals surface area contributed by atoms with E-state index in [1.165, 1.54) is 19.0 Å². The molecule has 0 aliphatic carbocycles. The van der Waals surface area contributed by atoms with E-state index in [2.05, 4.69) is 51.7 Å². The predicted molar refractivity (Wildman–Crippen MR) is 57.5 cm³/mol. The lowest BCUT2D eigenvalue weighted by molar-refractivity contribution is 0.563. The molecular formula is C10H18N2P-. The number of nitrogens with zero attached hydrogens (tertiary/aromatic N) is 2. The maximum Gasteiger partial charge on any atom is -0.0244 e. The zero-order valence-corrected chi connectivity index (χ0v) is 10.2. The van der Waals surface area contributed by atoms with Gasteiger partial charge >= 0.3 is 0 Å². The molecule has 0 saturated heterocycles. The summed E-state index contributed by atoms with van der Waals surface area (Å²) < 4.78 is 0. The molecule has 0 aliphatic rings.